The Bertz CT molecular complexity index is 1020. The number of benzene rings is 3. The number of aryl methyl sites for hydroxylation is 2. The summed E-state index contributed by atoms with van der Waals surface area (Å²) in [6.07, 6.45) is 0. The fourth-order valence-corrected chi connectivity index (χ4v) is 3.65. The van der Waals surface area contributed by atoms with Crippen LogP contribution in [-0.4, -0.2) is 19.6 Å². The van der Waals surface area contributed by atoms with E-state index >= 15 is 0 Å². The van der Waals surface area contributed by atoms with E-state index in [1.165, 1.54) is 11.1 Å². The quantitative estimate of drug-likeness (QED) is 0.429. The van der Waals surface area contributed by atoms with Crippen LogP contribution < -0.4 is 20.1 Å². The van der Waals surface area contributed by atoms with Crippen LogP contribution in [0, 0.1) is 13.8 Å². The summed E-state index contributed by atoms with van der Waals surface area (Å²) < 4.78 is 12.0. The Morgan fingerprint density at radius 2 is 1.52 bits per heavy atom. The van der Waals surface area contributed by atoms with E-state index in [0.29, 0.717) is 18.0 Å². The van der Waals surface area contributed by atoms with Crippen molar-refractivity contribution in [3.8, 4) is 11.5 Å². The summed E-state index contributed by atoms with van der Waals surface area (Å²) >= 11 is 3.54. The van der Waals surface area contributed by atoms with E-state index in [-0.39, 0.29) is 12.5 Å². The Morgan fingerprint density at radius 1 is 0.903 bits per heavy atom. The number of ether oxygens (including phenoxy) is 2. The molecule has 3 aromatic rings. The van der Waals surface area contributed by atoms with Crippen LogP contribution in [0.5, 0.6) is 11.5 Å². The first-order chi connectivity index (χ1) is 14.9. The van der Waals surface area contributed by atoms with Gasteiger partial charge in [-0.3, -0.25) is 4.79 Å². The molecule has 0 unspecified atom stereocenters. The predicted octanol–water partition coefficient (Wildman–Crippen LogP) is 5.38. The van der Waals surface area contributed by atoms with Gasteiger partial charge in [0.1, 0.15) is 0 Å². The molecule has 0 heterocycles. The van der Waals surface area contributed by atoms with Gasteiger partial charge < -0.3 is 20.1 Å². The summed E-state index contributed by atoms with van der Waals surface area (Å²) in [4.78, 5) is 12.2. The molecule has 0 aliphatic carbocycles. The normalized spacial score (nSPS) is 10.6. The van der Waals surface area contributed by atoms with Crippen LogP contribution in [0.25, 0.3) is 0 Å². The first-order valence-electron chi connectivity index (χ1n) is 10.1. The lowest BCUT2D eigenvalue weighted by molar-refractivity contribution is -0.118. The number of carbonyl (C=O) groups is 1. The average Bonchev–Trinajstić information content (AvgIpc) is 2.75. The molecule has 2 N–H and O–H groups in total. The van der Waals surface area contributed by atoms with Gasteiger partial charge in [0, 0.05) is 18.8 Å². The number of methoxy groups -OCH3 is 1. The fourth-order valence-electron chi connectivity index (χ4n) is 3.04. The molecule has 31 heavy (non-hydrogen) atoms. The summed E-state index contributed by atoms with van der Waals surface area (Å²) in [7, 11) is 1.59. The number of halogens is 1. The lowest BCUT2D eigenvalue weighted by Crippen LogP contribution is -2.20. The van der Waals surface area contributed by atoms with Crippen molar-refractivity contribution >= 4 is 27.5 Å². The molecule has 0 saturated carbocycles. The van der Waals surface area contributed by atoms with Gasteiger partial charge in [-0.2, -0.15) is 0 Å². The average molecular weight is 483 g/mol. The Morgan fingerprint density at radius 3 is 2.16 bits per heavy atom. The van der Waals surface area contributed by atoms with Crippen molar-refractivity contribution in [2.24, 2.45) is 0 Å². The van der Waals surface area contributed by atoms with Crippen molar-refractivity contribution in [1.29, 1.82) is 0 Å². The number of amides is 1. The topological polar surface area (TPSA) is 59.6 Å². The van der Waals surface area contributed by atoms with E-state index < -0.39 is 0 Å². The molecule has 3 rings (SSSR count). The fraction of sp³-hybridized carbons (Fsp3) is 0.240. The van der Waals surface area contributed by atoms with Crippen LogP contribution in [0.15, 0.2) is 65.1 Å². The lowest BCUT2D eigenvalue weighted by atomic mass is 10.1. The standard InChI is InChI=1S/C25H27BrN2O3/c1-17-4-8-19(9-5-17)14-27-15-20-12-22(26)25(23(13-20)30-3)31-16-24(29)28-21-10-6-18(2)7-11-21/h4-13,27H,14-16H2,1-3H3,(H,28,29). The van der Waals surface area contributed by atoms with Gasteiger partial charge in [-0.15, -0.1) is 0 Å². The van der Waals surface area contributed by atoms with Gasteiger partial charge in [-0.05, 0) is 65.2 Å². The van der Waals surface area contributed by atoms with E-state index in [9.17, 15) is 4.79 Å². The Kier molecular flexibility index (Phi) is 8.09. The predicted molar refractivity (Wildman–Crippen MR) is 128 cm³/mol. The van der Waals surface area contributed by atoms with Crippen LogP contribution >= 0.6 is 15.9 Å². The summed E-state index contributed by atoms with van der Waals surface area (Å²) in [5.74, 6) is 0.843. The molecule has 3 aromatic carbocycles. The monoisotopic (exact) mass is 482 g/mol. The Labute approximate surface area is 191 Å². The molecule has 0 aliphatic rings. The van der Waals surface area contributed by atoms with Crippen LogP contribution in [0.2, 0.25) is 0 Å². The molecule has 162 valence electrons. The smallest absolute Gasteiger partial charge is 0.262 e. The zero-order chi connectivity index (χ0) is 22.2. The number of hydrogen-bond donors (Lipinski definition) is 2. The van der Waals surface area contributed by atoms with Gasteiger partial charge >= 0.3 is 0 Å². The summed E-state index contributed by atoms with van der Waals surface area (Å²) in [6.45, 7) is 5.42. The summed E-state index contributed by atoms with van der Waals surface area (Å²) in [5, 5.41) is 6.26. The highest BCUT2D eigenvalue weighted by Gasteiger charge is 2.14. The molecular weight excluding hydrogens is 456 g/mol. The molecular formula is C25H27BrN2O3. The third kappa shape index (κ3) is 6.84. The van der Waals surface area contributed by atoms with Crippen molar-refractivity contribution in [1.82, 2.24) is 5.32 Å². The minimum absolute atomic E-state index is 0.117. The van der Waals surface area contributed by atoms with E-state index in [4.69, 9.17) is 9.47 Å². The molecule has 1 amide bonds. The third-order valence-corrected chi connectivity index (χ3v) is 5.34. The van der Waals surface area contributed by atoms with Crippen molar-refractivity contribution in [3.05, 3.63) is 87.4 Å². The van der Waals surface area contributed by atoms with Crippen LogP contribution in [0.3, 0.4) is 0 Å². The first-order valence-corrected chi connectivity index (χ1v) is 10.9. The molecule has 0 fully saturated rings. The number of hydrogen-bond acceptors (Lipinski definition) is 4. The van der Waals surface area contributed by atoms with Gasteiger partial charge in [0.05, 0.1) is 11.6 Å². The zero-order valence-corrected chi connectivity index (χ0v) is 19.6. The highest BCUT2D eigenvalue weighted by Crippen LogP contribution is 2.36. The van der Waals surface area contributed by atoms with E-state index in [0.717, 1.165) is 27.8 Å². The van der Waals surface area contributed by atoms with Crippen molar-refractivity contribution in [3.63, 3.8) is 0 Å². The van der Waals surface area contributed by atoms with Crippen LogP contribution in [0.4, 0.5) is 5.69 Å². The second-order valence-electron chi connectivity index (χ2n) is 7.40. The molecule has 0 atom stereocenters. The highest BCUT2D eigenvalue weighted by atomic mass is 79.9. The second kappa shape index (κ2) is 11.0. The minimum atomic E-state index is -0.235. The Hall–Kier alpha value is -2.83. The summed E-state index contributed by atoms with van der Waals surface area (Å²) in [5.41, 5.74) is 5.40. The summed E-state index contributed by atoms with van der Waals surface area (Å²) in [6, 6.07) is 20.0. The van der Waals surface area contributed by atoms with Gasteiger partial charge in [0.15, 0.2) is 18.1 Å². The molecule has 0 saturated heterocycles. The van der Waals surface area contributed by atoms with E-state index in [1.54, 1.807) is 7.11 Å². The minimum Gasteiger partial charge on any atom is -0.493 e. The molecule has 6 heteroatoms. The van der Waals surface area contributed by atoms with Gasteiger partial charge in [-0.25, -0.2) is 0 Å². The van der Waals surface area contributed by atoms with Gasteiger partial charge in [-0.1, -0.05) is 47.5 Å². The molecule has 0 radical (unpaired) electrons. The van der Waals surface area contributed by atoms with Crippen LogP contribution in [-0.2, 0) is 17.9 Å². The molecule has 5 nitrogen and oxygen atoms in total. The van der Waals surface area contributed by atoms with Crippen molar-refractivity contribution in [2.75, 3.05) is 19.0 Å². The number of carbonyl (C=O) groups excluding carboxylic acids is 1. The van der Waals surface area contributed by atoms with E-state index in [1.807, 2.05) is 43.3 Å². The Balaban J connectivity index is 1.57. The number of nitrogens with one attached hydrogen (secondary N) is 2. The van der Waals surface area contributed by atoms with Crippen molar-refractivity contribution < 1.29 is 14.3 Å². The number of anilines is 1. The maximum Gasteiger partial charge on any atom is 0.262 e. The zero-order valence-electron chi connectivity index (χ0n) is 18.0. The van der Waals surface area contributed by atoms with Crippen LogP contribution in [0.1, 0.15) is 22.3 Å². The van der Waals surface area contributed by atoms with Crippen molar-refractivity contribution in [2.45, 2.75) is 26.9 Å². The molecule has 0 spiro atoms. The number of rotatable bonds is 9. The SMILES string of the molecule is COc1cc(CNCc2ccc(C)cc2)cc(Br)c1OCC(=O)Nc1ccc(C)cc1. The maximum absolute atomic E-state index is 12.2. The highest BCUT2D eigenvalue weighted by molar-refractivity contribution is 9.10. The third-order valence-electron chi connectivity index (χ3n) is 4.75. The van der Waals surface area contributed by atoms with E-state index in [2.05, 4.69) is 57.8 Å². The maximum atomic E-state index is 12.2. The first kappa shape index (κ1) is 22.8. The molecule has 0 aliphatic heterocycles. The largest absolute Gasteiger partial charge is 0.493 e. The molecule has 0 aromatic heterocycles. The molecule has 0 bridgehead atoms. The van der Waals surface area contributed by atoms with Gasteiger partial charge in [0.2, 0.25) is 0 Å². The van der Waals surface area contributed by atoms with Gasteiger partial charge in [0.25, 0.3) is 5.91 Å². The second-order valence-corrected chi connectivity index (χ2v) is 8.26. The lowest BCUT2D eigenvalue weighted by Gasteiger charge is -2.15.